The summed E-state index contributed by atoms with van der Waals surface area (Å²) >= 11 is 0. The first-order valence-electron chi connectivity index (χ1n) is 15.9. The van der Waals surface area contributed by atoms with Gasteiger partial charge >= 0.3 is 12.1 Å². The predicted octanol–water partition coefficient (Wildman–Crippen LogP) is 8.98. The Morgan fingerprint density at radius 3 is 2.33 bits per heavy atom. The van der Waals surface area contributed by atoms with Crippen LogP contribution in [0.15, 0.2) is 42.5 Å². The molecule has 1 N–H and O–H groups in total. The zero-order valence-corrected chi connectivity index (χ0v) is 26.3. The molecule has 45 heavy (non-hydrogen) atoms. The third-order valence-corrected chi connectivity index (χ3v) is 10.8. The molecule has 1 fully saturated rings. The smallest absolute Gasteiger partial charge is 0.453 e. The summed E-state index contributed by atoms with van der Waals surface area (Å²) in [4.78, 5) is 2.34. The summed E-state index contributed by atoms with van der Waals surface area (Å²) in [6, 6.07) is 12.4. The summed E-state index contributed by atoms with van der Waals surface area (Å²) in [5, 5.41) is 10.1. The maximum atomic E-state index is 13.7. The van der Waals surface area contributed by atoms with Gasteiger partial charge in [0.15, 0.2) is 9.84 Å². The molecule has 4 nitrogen and oxygen atoms in total. The molecule has 1 unspecified atom stereocenters. The highest BCUT2D eigenvalue weighted by Crippen LogP contribution is 2.40. The van der Waals surface area contributed by atoms with Crippen molar-refractivity contribution in [1.29, 1.82) is 0 Å². The van der Waals surface area contributed by atoms with E-state index in [0.717, 1.165) is 94.0 Å². The number of alkyl halides is 5. The number of phenols is 1. The van der Waals surface area contributed by atoms with Crippen molar-refractivity contribution < 1.29 is 39.9 Å². The van der Waals surface area contributed by atoms with Crippen LogP contribution in [0.4, 0.5) is 26.3 Å². The number of benzene rings is 2. The molecule has 0 amide bonds. The zero-order valence-electron chi connectivity index (χ0n) is 25.5. The number of allylic oxidation sites excluding steroid dienone is 2. The van der Waals surface area contributed by atoms with E-state index in [1.807, 2.05) is 24.3 Å². The molecule has 250 valence electrons. The molecule has 0 spiro atoms. The molecule has 1 aliphatic heterocycles. The number of halogens is 6. The topological polar surface area (TPSA) is 57.6 Å². The third-order valence-electron chi connectivity index (χ3n) is 9.10. The maximum absolute atomic E-state index is 13.7. The summed E-state index contributed by atoms with van der Waals surface area (Å²) in [5.41, 5.74) is 5.80. The monoisotopic (exact) mass is 659 g/mol. The highest BCUT2D eigenvalue weighted by Gasteiger charge is 2.57. The average Bonchev–Trinajstić information content (AvgIpc) is 3.34. The van der Waals surface area contributed by atoms with Crippen LogP contribution in [0.5, 0.6) is 5.75 Å². The number of hydrogen-bond acceptors (Lipinski definition) is 4. The molecule has 4 rings (SSSR count). The van der Waals surface area contributed by atoms with Crippen LogP contribution in [0.1, 0.15) is 93.7 Å². The number of hydrogen-bond donors (Lipinski definition) is 1. The SMILES string of the molecule is O=S(=O)(CCCC1CCCN1CCCCCCC1=C(c2ccc(F)cc2)CCCc2cc(O)ccc21)CCC(F)(F)C(F)(F)F. The fourth-order valence-electron chi connectivity index (χ4n) is 6.66. The van der Waals surface area contributed by atoms with Crippen molar-refractivity contribution in [2.24, 2.45) is 0 Å². The van der Waals surface area contributed by atoms with Crippen molar-refractivity contribution in [2.75, 3.05) is 24.6 Å². The molecule has 1 atom stereocenters. The highest BCUT2D eigenvalue weighted by molar-refractivity contribution is 7.91. The number of sulfone groups is 1. The Hall–Kier alpha value is -2.53. The number of nitrogens with zero attached hydrogens (tertiary/aromatic N) is 1. The molecule has 1 aliphatic carbocycles. The molecule has 0 radical (unpaired) electrons. The van der Waals surface area contributed by atoms with Crippen molar-refractivity contribution in [2.45, 2.75) is 102 Å². The Morgan fingerprint density at radius 2 is 1.60 bits per heavy atom. The standard InChI is InChI=1S/C34H43F6NO3S/c35-27-15-13-25(14-16-27)30-12-5-8-26-24-29(42)17-18-31(26)32(30)11-3-1-2-4-20-41-21-6-9-28(41)10-7-22-45(43,44)23-19-33(36,37)34(38,39)40/h13-18,24,28,42H,1-12,19-23H2. The quantitative estimate of drug-likeness (QED) is 0.153. The molecule has 0 bridgehead atoms. The predicted molar refractivity (Wildman–Crippen MR) is 165 cm³/mol. The second-order valence-electron chi connectivity index (χ2n) is 12.4. The summed E-state index contributed by atoms with van der Waals surface area (Å²) in [5.74, 6) is -6.58. The van der Waals surface area contributed by atoms with E-state index >= 15 is 0 Å². The minimum absolute atomic E-state index is 0.194. The van der Waals surface area contributed by atoms with E-state index in [2.05, 4.69) is 4.90 Å². The van der Waals surface area contributed by atoms with E-state index < -0.39 is 34.1 Å². The van der Waals surface area contributed by atoms with Crippen LogP contribution in [-0.2, 0) is 16.3 Å². The van der Waals surface area contributed by atoms with Gasteiger partial charge in [0.05, 0.1) is 11.5 Å². The minimum atomic E-state index is -5.75. The zero-order chi connectivity index (χ0) is 32.7. The van der Waals surface area contributed by atoms with Gasteiger partial charge in [-0.1, -0.05) is 31.0 Å². The normalized spacial score (nSPS) is 18.3. The third kappa shape index (κ3) is 9.98. The minimum Gasteiger partial charge on any atom is -0.508 e. The van der Waals surface area contributed by atoms with Gasteiger partial charge in [-0.2, -0.15) is 22.0 Å². The number of fused-ring (bicyclic) bond motifs is 1. The Bertz CT molecular complexity index is 1410. The number of likely N-dealkylation sites (tertiary alicyclic amines) is 1. The van der Waals surface area contributed by atoms with Crippen LogP contribution in [0, 0.1) is 5.82 Å². The van der Waals surface area contributed by atoms with E-state index in [4.69, 9.17) is 0 Å². The molecule has 1 saturated heterocycles. The van der Waals surface area contributed by atoms with Gasteiger partial charge in [-0.15, -0.1) is 0 Å². The number of aryl methyl sites for hydroxylation is 1. The van der Waals surface area contributed by atoms with E-state index in [-0.39, 0.29) is 29.8 Å². The van der Waals surface area contributed by atoms with Gasteiger partial charge in [0.1, 0.15) is 11.6 Å². The Labute approximate surface area is 262 Å². The number of phenolic OH excluding ortho intramolecular Hbond substituents is 1. The lowest BCUT2D eigenvalue weighted by Crippen LogP contribution is -2.38. The molecule has 2 aliphatic rings. The molecular formula is C34H43F6NO3S. The van der Waals surface area contributed by atoms with Crippen LogP contribution < -0.4 is 0 Å². The summed E-state index contributed by atoms with van der Waals surface area (Å²) in [6.45, 7) is 1.79. The molecule has 0 saturated carbocycles. The van der Waals surface area contributed by atoms with Crippen molar-refractivity contribution in [3.63, 3.8) is 0 Å². The number of unbranched alkanes of at least 4 members (excludes halogenated alkanes) is 3. The van der Waals surface area contributed by atoms with Gasteiger partial charge in [0.25, 0.3) is 0 Å². The number of rotatable bonds is 15. The molecule has 0 aromatic heterocycles. The first-order chi connectivity index (χ1) is 21.3. The van der Waals surface area contributed by atoms with Crippen LogP contribution in [0.25, 0.3) is 11.1 Å². The summed E-state index contributed by atoms with van der Waals surface area (Å²) in [6.07, 6.45) is 2.82. The first kappa shape index (κ1) is 35.3. The fraction of sp³-hybridized carbons (Fsp3) is 0.588. The average molecular weight is 660 g/mol. The van der Waals surface area contributed by atoms with Crippen molar-refractivity contribution >= 4 is 21.0 Å². The van der Waals surface area contributed by atoms with E-state index in [1.54, 1.807) is 6.07 Å². The molecule has 2 aromatic rings. The molecule has 1 heterocycles. The summed E-state index contributed by atoms with van der Waals surface area (Å²) in [7, 11) is -4.00. The number of aromatic hydroxyl groups is 1. The van der Waals surface area contributed by atoms with Gasteiger partial charge in [-0.25, -0.2) is 12.8 Å². The van der Waals surface area contributed by atoms with Crippen LogP contribution in [0.2, 0.25) is 0 Å². The van der Waals surface area contributed by atoms with Crippen LogP contribution in [-0.4, -0.2) is 61.2 Å². The lowest BCUT2D eigenvalue weighted by atomic mass is 9.89. The Balaban J connectivity index is 1.24. The van der Waals surface area contributed by atoms with E-state index in [0.29, 0.717) is 6.42 Å². The summed E-state index contributed by atoms with van der Waals surface area (Å²) < 4.78 is 101. The lowest BCUT2D eigenvalue weighted by Gasteiger charge is -2.24. The van der Waals surface area contributed by atoms with Gasteiger partial charge < -0.3 is 10.0 Å². The second-order valence-corrected chi connectivity index (χ2v) is 14.7. The van der Waals surface area contributed by atoms with Crippen LogP contribution in [0.3, 0.4) is 0 Å². The van der Waals surface area contributed by atoms with Gasteiger partial charge in [0, 0.05) is 12.5 Å². The Kier molecular flexibility index (Phi) is 12.1. The lowest BCUT2D eigenvalue weighted by molar-refractivity contribution is -0.282. The van der Waals surface area contributed by atoms with Crippen molar-refractivity contribution in [3.8, 4) is 5.75 Å². The highest BCUT2D eigenvalue weighted by atomic mass is 32.2. The maximum Gasteiger partial charge on any atom is 0.453 e. The van der Waals surface area contributed by atoms with Crippen molar-refractivity contribution in [3.05, 3.63) is 65.0 Å². The Morgan fingerprint density at radius 1 is 0.867 bits per heavy atom. The fourth-order valence-corrected chi connectivity index (χ4v) is 8.04. The van der Waals surface area contributed by atoms with Gasteiger partial charge in [-0.05, 0) is 129 Å². The largest absolute Gasteiger partial charge is 0.508 e. The van der Waals surface area contributed by atoms with Gasteiger partial charge in [-0.3, -0.25) is 0 Å². The first-order valence-corrected chi connectivity index (χ1v) is 17.8. The van der Waals surface area contributed by atoms with Gasteiger partial charge in [0.2, 0.25) is 0 Å². The van der Waals surface area contributed by atoms with E-state index in [1.165, 1.54) is 23.3 Å². The molecule has 11 heteroatoms. The van der Waals surface area contributed by atoms with Crippen molar-refractivity contribution in [1.82, 2.24) is 4.90 Å². The second kappa shape index (κ2) is 15.4. The molecule has 2 aromatic carbocycles. The van der Waals surface area contributed by atoms with Crippen LogP contribution >= 0.6 is 0 Å². The molecular weight excluding hydrogens is 616 g/mol. The van der Waals surface area contributed by atoms with E-state index in [9.17, 15) is 39.9 Å².